The Bertz CT molecular complexity index is 764. The highest BCUT2D eigenvalue weighted by molar-refractivity contribution is 7.14. The molecule has 0 spiro atoms. The maximum atomic E-state index is 13.1. The Morgan fingerprint density at radius 3 is 2.57 bits per heavy atom. The van der Waals surface area contributed by atoms with Gasteiger partial charge in [-0.05, 0) is 23.6 Å². The molecule has 0 saturated heterocycles. The number of nitrogens with one attached hydrogen (secondary N) is 1. The molecule has 0 aliphatic carbocycles. The van der Waals surface area contributed by atoms with E-state index in [0.29, 0.717) is 0 Å². The highest BCUT2D eigenvalue weighted by Crippen LogP contribution is 2.26. The molecule has 3 aromatic rings. The van der Waals surface area contributed by atoms with E-state index in [0.717, 1.165) is 28.8 Å². The Labute approximate surface area is 126 Å². The molecule has 7 heteroatoms. The van der Waals surface area contributed by atoms with Crippen LogP contribution in [0.1, 0.15) is 10.5 Å². The van der Waals surface area contributed by atoms with Gasteiger partial charge in [-0.2, -0.15) is 11.3 Å². The molecule has 21 heavy (non-hydrogen) atoms. The number of benzene rings is 1. The Kier molecular flexibility index (Phi) is 3.76. The number of carbonyl (C=O) groups excluding carboxylic acids is 1. The van der Waals surface area contributed by atoms with Crippen LogP contribution >= 0.6 is 22.7 Å². The number of halogens is 2. The van der Waals surface area contributed by atoms with Crippen molar-refractivity contribution in [3.63, 3.8) is 0 Å². The third kappa shape index (κ3) is 3.14. The molecule has 0 aliphatic heterocycles. The zero-order valence-corrected chi connectivity index (χ0v) is 12.1. The number of amides is 1. The zero-order valence-electron chi connectivity index (χ0n) is 10.5. The first-order chi connectivity index (χ1) is 10.1. The van der Waals surface area contributed by atoms with Crippen molar-refractivity contribution in [1.82, 2.24) is 4.98 Å². The summed E-state index contributed by atoms with van der Waals surface area (Å²) in [6, 6.07) is 4.75. The molecule has 0 unspecified atom stereocenters. The van der Waals surface area contributed by atoms with E-state index in [1.54, 1.807) is 16.7 Å². The van der Waals surface area contributed by atoms with Crippen LogP contribution in [0.5, 0.6) is 0 Å². The van der Waals surface area contributed by atoms with Crippen LogP contribution in [0.2, 0.25) is 0 Å². The summed E-state index contributed by atoms with van der Waals surface area (Å²) in [5, 5.41) is 8.62. The molecule has 3 nitrogen and oxygen atoms in total. The summed E-state index contributed by atoms with van der Waals surface area (Å²) < 4.78 is 26.1. The van der Waals surface area contributed by atoms with E-state index in [1.165, 1.54) is 11.3 Å². The van der Waals surface area contributed by atoms with Crippen LogP contribution in [0.3, 0.4) is 0 Å². The van der Waals surface area contributed by atoms with Gasteiger partial charge in [0, 0.05) is 28.1 Å². The molecule has 2 aromatic heterocycles. The van der Waals surface area contributed by atoms with Crippen molar-refractivity contribution in [2.45, 2.75) is 0 Å². The minimum absolute atomic E-state index is 0.0579. The highest BCUT2D eigenvalue weighted by Gasteiger charge is 2.13. The van der Waals surface area contributed by atoms with E-state index in [9.17, 15) is 13.6 Å². The monoisotopic (exact) mass is 322 g/mol. The van der Waals surface area contributed by atoms with Gasteiger partial charge in [-0.15, -0.1) is 11.3 Å². The molecule has 1 amide bonds. The van der Waals surface area contributed by atoms with Crippen molar-refractivity contribution in [1.29, 1.82) is 0 Å². The van der Waals surface area contributed by atoms with Crippen LogP contribution in [0, 0.1) is 11.6 Å². The number of rotatable bonds is 3. The molecule has 0 saturated carbocycles. The van der Waals surface area contributed by atoms with Gasteiger partial charge in [0.1, 0.15) is 22.3 Å². The van der Waals surface area contributed by atoms with E-state index in [-0.39, 0.29) is 11.4 Å². The van der Waals surface area contributed by atoms with Gasteiger partial charge in [-0.25, -0.2) is 13.8 Å². The smallest absolute Gasteiger partial charge is 0.275 e. The third-order valence-electron chi connectivity index (χ3n) is 2.63. The highest BCUT2D eigenvalue weighted by atomic mass is 32.1. The second kappa shape index (κ2) is 5.71. The van der Waals surface area contributed by atoms with Crippen LogP contribution in [0.4, 0.5) is 14.5 Å². The van der Waals surface area contributed by atoms with E-state index in [2.05, 4.69) is 10.3 Å². The Morgan fingerprint density at radius 1 is 1.14 bits per heavy atom. The van der Waals surface area contributed by atoms with Crippen molar-refractivity contribution in [3.8, 4) is 10.6 Å². The molecule has 0 radical (unpaired) electrons. The number of anilines is 1. The van der Waals surface area contributed by atoms with Crippen LogP contribution in [0.15, 0.2) is 40.4 Å². The standard InChI is InChI=1S/C14H8F2N2OS2/c15-9-3-10(16)5-11(4-9)17-13(19)12-7-21-14(18-12)8-1-2-20-6-8/h1-7H,(H,17,19). The van der Waals surface area contributed by atoms with Gasteiger partial charge < -0.3 is 5.32 Å². The normalized spacial score (nSPS) is 10.6. The van der Waals surface area contributed by atoms with E-state index in [4.69, 9.17) is 0 Å². The molecular weight excluding hydrogens is 314 g/mol. The largest absolute Gasteiger partial charge is 0.320 e. The summed E-state index contributed by atoms with van der Waals surface area (Å²) in [5.41, 5.74) is 1.22. The maximum Gasteiger partial charge on any atom is 0.275 e. The fraction of sp³-hybridized carbons (Fsp3) is 0. The van der Waals surface area contributed by atoms with Gasteiger partial charge in [0.2, 0.25) is 0 Å². The van der Waals surface area contributed by atoms with Crippen molar-refractivity contribution in [3.05, 3.63) is 57.7 Å². The first-order valence-electron chi connectivity index (χ1n) is 5.87. The summed E-state index contributed by atoms with van der Waals surface area (Å²) in [6.07, 6.45) is 0. The average Bonchev–Trinajstić information content (AvgIpc) is 3.09. The summed E-state index contributed by atoms with van der Waals surface area (Å²) >= 11 is 2.88. The predicted octanol–water partition coefficient (Wildman–Crippen LogP) is 4.40. The van der Waals surface area contributed by atoms with Gasteiger partial charge in [0.25, 0.3) is 5.91 Å². The lowest BCUT2D eigenvalue weighted by Gasteiger charge is -2.03. The Balaban J connectivity index is 1.79. The summed E-state index contributed by atoms with van der Waals surface area (Å²) in [6.45, 7) is 0. The molecule has 0 aliphatic rings. The molecule has 0 fully saturated rings. The zero-order chi connectivity index (χ0) is 14.8. The fourth-order valence-electron chi connectivity index (χ4n) is 1.72. The van der Waals surface area contributed by atoms with Crippen LogP contribution in [-0.2, 0) is 0 Å². The summed E-state index contributed by atoms with van der Waals surface area (Å²) in [7, 11) is 0. The quantitative estimate of drug-likeness (QED) is 0.776. The van der Waals surface area contributed by atoms with Crippen LogP contribution in [0.25, 0.3) is 10.6 Å². The second-order valence-corrected chi connectivity index (χ2v) is 5.80. The molecule has 3 rings (SSSR count). The number of nitrogens with zero attached hydrogens (tertiary/aromatic N) is 1. The summed E-state index contributed by atoms with van der Waals surface area (Å²) in [4.78, 5) is 16.2. The number of thiophene rings is 1. The lowest BCUT2D eigenvalue weighted by Crippen LogP contribution is -2.12. The number of thiazole rings is 1. The summed E-state index contributed by atoms with van der Waals surface area (Å²) in [5.74, 6) is -2.00. The minimum atomic E-state index is -0.748. The lowest BCUT2D eigenvalue weighted by molar-refractivity contribution is 0.102. The fourth-order valence-corrected chi connectivity index (χ4v) is 3.23. The van der Waals surface area contributed by atoms with Crippen LogP contribution < -0.4 is 5.32 Å². The van der Waals surface area contributed by atoms with E-state index in [1.807, 2.05) is 16.8 Å². The minimum Gasteiger partial charge on any atom is -0.320 e. The van der Waals surface area contributed by atoms with E-state index < -0.39 is 17.5 Å². The number of carbonyl (C=O) groups is 1. The molecule has 1 aromatic carbocycles. The van der Waals surface area contributed by atoms with Crippen LogP contribution in [-0.4, -0.2) is 10.9 Å². The topological polar surface area (TPSA) is 42.0 Å². The Morgan fingerprint density at radius 2 is 1.90 bits per heavy atom. The van der Waals surface area contributed by atoms with Crippen molar-refractivity contribution < 1.29 is 13.6 Å². The van der Waals surface area contributed by atoms with Crippen molar-refractivity contribution in [2.24, 2.45) is 0 Å². The second-order valence-electron chi connectivity index (χ2n) is 4.16. The van der Waals surface area contributed by atoms with Gasteiger partial charge in [0.05, 0.1) is 0 Å². The van der Waals surface area contributed by atoms with Gasteiger partial charge in [0.15, 0.2) is 0 Å². The number of hydrogen-bond donors (Lipinski definition) is 1. The SMILES string of the molecule is O=C(Nc1cc(F)cc(F)c1)c1csc(-c2ccsc2)n1. The van der Waals surface area contributed by atoms with Crippen molar-refractivity contribution in [2.75, 3.05) is 5.32 Å². The van der Waals surface area contributed by atoms with E-state index >= 15 is 0 Å². The Hall–Kier alpha value is -2.12. The van der Waals surface area contributed by atoms with Gasteiger partial charge in [-0.1, -0.05) is 0 Å². The molecule has 1 N–H and O–H groups in total. The van der Waals surface area contributed by atoms with Gasteiger partial charge >= 0.3 is 0 Å². The molecule has 0 atom stereocenters. The lowest BCUT2D eigenvalue weighted by atomic mass is 10.3. The molecule has 0 bridgehead atoms. The predicted molar refractivity (Wildman–Crippen MR) is 79.7 cm³/mol. The maximum absolute atomic E-state index is 13.1. The number of hydrogen-bond acceptors (Lipinski definition) is 4. The molecular formula is C14H8F2N2OS2. The van der Waals surface area contributed by atoms with Crippen molar-refractivity contribution >= 4 is 34.3 Å². The third-order valence-corrected chi connectivity index (χ3v) is 4.20. The average molecular weight is 322 g/mol. The first kappa shape index (κ1) is 13.8. The number of aromatic nitrogens is 1. The first-order valence-corrected chi connectivity index (χ1v) is 7.69. The van der Waals surface area contributed by atoms with Gasteiger partial charge in [-0.3, -0.25) is 4.79 Å². The molecule has 2 heterocycles. The molecule has 106 valence electrons.